The molecule has 5 heterocycles. The number of hydrogen-bond acceptors (Lipinski definition) is 1. The summed E-state index contributed by atoms with van der Waals surface area (Å²) in [5, 5.41) is 2.47. The Morgan fingerprint density at radius 3 is 1.27 bits per heavy atom. The molecule has 0 atom stereocenters. The Kier molecular flexibility index (Phi) is 4.86. The van der Waals surface area contributed by atoms with Crippen LogP contribution in [0.4, 0.5) is 0 Å². The van der Waals surface area contributed by atoms with Crippen molar-refractivity contribution in [3.8, 4) is 22.9 Å². The normalized spacial score (nSPS) is 14.0. The summed E-state index contributed by atoms with van der Waals surface area (Å²) in [5.74, 6) is 1.81. The molecular weight excluding hydrogens is 589 g/mol. The van der Waals surface area contributed by atoms with E-state index in [1.165, 1.54) is 55.0 Å². The quantitative estimate of drug-likeness (QED) is 0.189. The first-order valence-electron chi connectivity index (χ1n) is 16.5. The van der Waals surface area contributed by atoms with Crippen molar-refractivity contribution in [2.24, 2.45) is 0 Å². The van der Waals surface area contributed by atoms with E-state index < -0.39 is 0 Å². The average molecular weight is 619 g/mol. The van der Waals surface area contributed by atoms with Gasteiger partial charge in [0.2, 0.25) is 0 Å². The van der Waals surface area contributed by atoms with Gasteiger partial charge in [-0.05, 0) is 84.9 Å². The summed E-state index contributed by atoms with van der Waals surface area (Å²) >= 11 is 0. The third-order valence-electron chi connectivity index (χ3n) is 10.6. The number of benzene rings is 6. The molecule has 0 spiro atoms. The highest BCUT2D eigenvalue weighted by Crippen LogP contribution is 2.49. The largest absolute Gasteiger partial charge is 0.457 e. The van der Waals surface area contributed by atoms with Crippen LogP contribution in [-0.2, 0) is 5.41 Å². The molecule has 4 aromatic heterocycles. The molecule has 11 rings (SSSR count). The summed E-state index contributed by atoms with van der Waals surface area (Å²) in [7, 11) is 0. The zero-order valence-electron chi connectivity index (χ0n) is 26.6. The summed E-state index contributed by atoms with van der Waals surface area (Å²) < 4.78 is 16.2. The first kappa shape index (κ1) is 25.9. The molecule has 0 saturated heterocycles. The van der Waals surface area contributed by atoms with Crippen LogP contribution >= 0.6 is 0 Å². The second-order valence-electron chi connectivity index (χ2n) is 13.5. The van der Waals surface area contributed by atoms with Crippen LogP contribution in [0.3, 0.4) is 0 Å². The number of nitrogens with zero attached hydrogens (tertiary/aromatic N) is 4. The minimum atomic E-state index is -0.313. The van der Waals surface area contributed by atoms with Crippen LogP contribution in [0.15, 0.2) is 146 Å². The number of aromatic nitrogens is 4. The lowest BCUT2D eigenvalue weighted by molar-refractivity contribution is 0.418. The Hall–Kier alpha value is -6.20. The van der Waals surface area contributed by atoms with Crippen molar-refractivity contribution < 1.29 is 4.74 Å². The average Bonchev–Trinajstić information content (AvgIpc) is 3.85. The molecule has 228 valence electrons. The second-order valence-corrected chi connectivity index (χ2v) is 13.5. The van der Waals surface area contributed by atoms with Crippen molar-refractivity contribution in [2.45, 2.75) is 19.3 Å². The number of ether oxygens (including phenoxy) is 1. The van der Waals surface area contributed by atoms with Gasteiger partial charge in [0.1, 0.15) is 22.8 Å². The van der Waals surface area contributed by atoms with E-state index in [-0.39, 0.29) is 5.41 Å². The Morgan fingerprint density at radius 2 is 0.812 bits per heavy atom. The van der Waals surface area contributed by atoms with Crippen molar-refractivity contribution in [3.05, 3.63) is 157 Å². The van der Waals surface area contributed by atoms with Crippen molar-refractivity contribution >= 4 is 55.2 Å². The van der Waals surface area contributed by atoms with E-state index in [1.54, 1.807) is 0 Å². The number of fused-ring (bicyclic) bond motifs is 12. The zero-order chi connectivity index (χ0) is 31.7. The number of imidazole rings is 2. The molecule has 5 heteroatoms. The summed E-state index contributed by atoms with van der Waals surface area (Å²) in [6.45, 7) is 4.65. The van der Waals surface area contributed by atoms with Gasteiger partial charge in [-0.3, -0.25) is 17.9 Å². The van der Waals surface area contributed by atoms with E-state index in [0.717, 1.165) is 34.2 Å². The fourth-order valence-corrected chi connectivity index (χ4v) is 8.32. The number of hydrogen-bond donors (Lipinski definition) is 0. The van der Waals surface area contributed by atoms with Gasteiger partial charge in [0.25, 0.3) is 0 Å². The molecule has 1 aliphatic heterocycles. The maximum Gasteiger partial charge on any atom is 0.131 e. The lowest BCUT2D eigenvalue weighted by Gasteiger charge is -2.35. The molecule has 0 unspecified atom stereocenters. The highest BCUT2D eigenvalue weighted by molar-refractivity contribution is 5.97. The molecule has 0 N–H and O–H groups in total. The molecule has 5 nitrogen and oxygen atoms in total. The van der Waals surface area contributed by atoms with Gasteiger partial charge in [0.05, 0.1) is 33.1 Å². The molecule has 6 aromatic carbocycles. The van der Waals surface area contributed by atoms with Crippen molar-refractivity contribution in [2.75, 3.05) is 0 Å². The van der Waals surface area contributed by atoms with E-state index in [4.69, 9.17) is 4.74 Å². The molecule has 48 heavy (non-hydrogen) atoms. The van der Waals surface area contributed by atoms with Gasteiger partial charge >= 0.3 is 0 Å². The van der Waals surface area contributed by atoms with E-state index in [1.807, 2.05) is 0 Å². The van der Waals surface area contributed by atoms with E-state index in [0.29, 0.717) is 0 Å². The van der Waals surface area contributed by atoms with Crippen LogP contribution in [0.2, 0.25) is 0 Å². The molecule has 0 amide bonds. The second kappa shape index (κ2) is 8.99. The van der Waals surface area contributed by atoms with Crippen molar-refractivity contribution in [1.82, 2.24) is 17.9 Å². The van der Waals surface area contributed by atoms with Crippen LogP contribution < -0.4 is 4.74 Å². The van der Waals surface area contributed by atoms with Crippen LogP contribution in [0, 0.1) is 0 Å². The first-order valence-corrected chi connectivity index (χ1v) is 16.5. The third kappa shape index (κ3) is 3.25. The summed E-state index contributed by atoms with van der Waals surface area (Å²) in [6.07, 6.45) is 0. The minimum Gasteiger partial charge on any atom is -0.457 e. The zero-order valence-corrected chi connectivity index (χ0v) is 26.6. The fraction of sp³-hybridized carbons (Fsp3) is 0.0698. The van der Waals surface area contributed by atoms with Gasteiger partial charge in [-0.1, -0.05) is 74.5 Å². The predicted octanol–water partition coefficient (Wildman–Crippen LogP) is 10.8. The Balaban J connectivity index is 1.11. The lowest BCUT2D eigenvalue weighted by Crippen LogP contribution is -2.25. The predicted molar refractivity (Wildman–Crippen MR) is 196 cm³/mol. The molecular formula is C43H30N4O. The molecule has 0 fully saturated rings. The van der Waals surface area contributed by atoms with Crippen molar-refractivity contribution in [3.63, 3.8) is 0 Å². The Labute approximate surface area is 276 Å². The highest BCUT2D eigenvalue weighted by Gasteiger charge is 2.35. The van der Waals surface area contributed by atoms with Crippen LogP contribution in [-0.4, -0.2) is 17.9 Å². The number of rotatable bonds is 2. The van der Waals surface area contributed by atoms with Gasteiger partial charge in [-0.25, -0.2) is 0 Å². The van der Waals surface area contributed by atoms with E-state index in [9.17, 15) is 0 Å². The first-order chi connectivity index (χ1) is 23.6. The SMILES string of the molecule is CC1(C)c2cc(-n3c4ccccc4n4c5ccccc5cc34)ccc2Oc2ccc(-n3c4ccccc4n4c5ccccc5cc34)cc21. The lowest BCUT2D eigenvalue weighted by atomic mass is 9.75. The molecule has 1 aliphatic rings. The highest BCUT2D eigenvalue weighted by atomic mass is 16.5. The van der Waals surface area contributed by atoms with Gasteiger partial charge < -0.3 is 4.74 Å². The number of para-hydroxylation sites is 6. The summed E-state index contributed by atoms with van der Waals surface area (Å²) in [5.41, 5.74) is 13.8. The smallest absolute Gasteiger partial charge is 0.131 e. The maximum absolute atomic E-state index is 6.67. The standard InChI is InChI=1S/C43H30N4O/c1-43(2)31-25-29(44-35-15-7-9-17-37(35)46-33-13-5-3-11-27(33)23-41(44)46)19-21-39(31)48-40-22-20-30(26-32(40)43)45-36-16-8-10-18-38(36)47-34-14-6-4-12-28(34)24-42(45)47/h3-26H,1-2H3. The Morgan fingerprint density at radius 1 is 0.417 bits per heavy atom. The molecule has 0 aliphatic carbocycles. The summed E-state index contributed by atoms with van der Waals surface area (Å²) in [6, 6.07) is 52.5. The minimum absolute atomic E-state index is 0.313. The van der Waals surface area contributed by atoms with Gasteiger partial charge in [0.15, 0.2) is 0 Å². The maximum atomic E-state index is 6.67. The van der Waals surface area contributed by atoms with E-state index >= 15 is 0 Å². The summed E-state index contributed by atoms with van der Waals surface area (Å²) in [4.78, 5) is 0. The Bertz CT molecular complexity index is 2760. The van der Waals surface area contributed by atoms with Gasteiger partial charge in [0, 0.05) is 38.7 Å². The van der Waals surface area contributed by atoms with Crippen molar-refractivity contribution in [1.29, 1.82) is 0 Å². The van der Waals surface area contributed by atoms with Crippen LogP contribution in [0.5, 0.6) is 11.5 Å². The van der Waals surface area contributed by atoms with Crippen LogP contribution in [0.1, 0.15) is 25.0 Å². The molecule has 0 radical (unpaired) electrons. The molecule has 0 bridgehead atoms. The topological polar surface area (TPSA) is 27.9 Å². The fourth-order valence-electron chi connectivity index (χ4n) is 8.32. The molecule has 0 saturated carbocycles. The van der Waals surface area contributed by atoms with Crippen LogP contribution in [0.25, 0.3) is 66.5 Å². The monoisotopic (exact) mass is 618 g/mol. The van der Waals surface area contributed by atoms with Gasteiger partial charge in [-0.15, -0.1) is 0 Å². The molecule has 10 aromatic rings. The third-order valence-corrected chi connectivity index (χ3v) is 10.6. The van der Waals surface area contributed by atoms with E-state index in [2.05, 4.69) is 177 Å². The van der Waals surface area contributed by atoms with Gasteiger partial charge in [-0.2, -0.15) is 0 Å².